The number of amides is 2. The van der Waals surface area contributed by atoms with E-state index in [4.69, 9.17) is 4.74 Å². The van der Waals surface area contributed by atoms with E-state index in [1.165, 1.54) is 0 Å². The summed E-state index contributed by atoms with van der Waals surface area (Å²) in [6, 6.07) is 9.58. The maximum Gasteiger partial charge on any atom is 0.407 e. The lowest BCUT2D eigenvalue weighted by Gasteiger charge is -2.12. The summed E-state index contributed by atoms with van der Waals surface area (Å²) in [6.07, 6.45) is 4.28. The van der Waals surface area contributed by atoms with Crippen molar-refractivity contribution in [1.82, 2.24) is 10.6 Å². The molecule has 2 amide bonds. The molecule has 24 heavy (non-hydrogen) atoms. The Morgan fingerprint density at radius 1 is 1.04 bits per heavy atom. The van der Waals surface area contributed by atoms with Crippen LogP contribution in [0.3, 0.4) is 0 Å². The standard InChI is InChI=1S/C19H30N2O3/c1-3-4-13-20-18(22)16(2)10-8-9-14-21-19(23)24-15-17-11-6-5-7-12-17/h5-7,11-12,16H,3-4,8-10,13-15H2,1-2H3,(H,20,22)(H,21,23). The van der Waals surface area contributed by atoms with Gasteiger partial charge in [0.1, 0.15) is 6.61 Å². The van der Waals surface area contributed by atoms with Crippen LogP contribution in [-0.2, 0) is 16.1 Å². The van der Waals surface area contributed by atoms with Gasteiger partial charge in [-0.1, -0.05) is 57.0 Å². The Balaban J connectivity index is 2.02. The van der Waals surface area contributed by atoms with Crippen molar-refractivity contribution in [1.29, 1.82) is 0 Å². The SMILES string of the molecule is CCCCNC(=O)C(C)CCCCNC(=O)OCc1ccccc1. The van der Waals surface area contributed by atoms with Gasteiger partial charge in [0.05, 0.1) is 0 Å². The van der Waals surface area contributed by atoms with Crippen LogP contribution in [0.5, 0.6) is 0 Å². The van der Waals surface area contributed by atoms with Gasteiger partial charge >= 0.3 is 6.09 Å². The normalized spacial score (nSPS) is 11.6. The van der Waals surface area contributed by atoms with E-state index in [0.29, 0.717) is 6.54 Å². The van der Waals surface area contributed by atoms with Crippen LogP contribution in [0.1, 0.15) is 51.5 Å². The molecule has 0 fully saturated rings. The number of unbranched alkanes of at least 4 members (excludes halogenated alkanes) is 2. The molecule has 1 rings (SSSR count). The summed E-state index contributed by atoms with van der Waals surface area (Å²) >= 11 is 0. The van der Waals surface area contributed by atoms with E-state index in [1.54, 1.807) is 0 Å². The van der Waals surface area contributed by atoms with Gasteiger partial charge in [0, 0.05) is 19.0 Å². The van der Waals surface area contributed by atoms with Gasteiger partial charge in [0.25, 0.3) is 0 Å². The summed E-state index contributed by atoms with van der Waals surface area (Å²) in [5, 5.41) is 5.68. The largest absolute Gasteiger partial charge is 0.445 e. The molecule has 0 radical (unpaired) electrons. The summed E-state index contributed by atoms with van der Waals surface area (Å²) in [5.74, 6) is 0.144. The van der Waals surface area contributed by atoms with Crippen LogP contribution in [0.2, 0.25) is 0 Å². The maximum atomic E-state index is 11.8. The molecule has 1 aromatic rings. The van der Waals surface area contributed by atoms with Gasteiger partial charge in [-0.15, -0.1) is 0 Å². The highest BCUT2D eigenvalue weighted by Gasteiger charge is 2.11. The second-order valence-corrected chi connectivity index (χ2v) is 6.03. The van der Waals surface area contributed by atoms with Crippen LogP contribution in [0.25, 0.3) is 0 Å². The molecule has 0 saturated carbocycles. The molecule has 0 aliphatic rings. The first-order valence-corrected chi connectivity index (χ1v) is 8.85. The first kappa shape index (κ1) is 20.0. The summed E-state index contributed by atoms with van der Waals surface area (Å²) in [5.41, 5.74) is 0.968. The third-order valence-corrected chi connectivity index (χ3v) is 3.82. The maximum absolute atomic E-state index is 11.8. The van der Waals surface area contributed by atoms with E-state index in [2.05, 4.69) is 17.6 Å². The van der Waals surface area contributed by atoms with Crippen molar-refractivity contribution in [2.24, 2.45) is 5.92 Å². The number of alkyl carbamates (subject to hydrolysis) is 1. The summed E-state index contributed by atoms with van der Waals surface area (Å²) in [6.45, 7) is 5.66. The lowest BCUT2D eigenvalue weighted by atomic mass is 10.0. The second kappa shape index (κ2) is 12.4. The predicted molar refractivity (Wildman–Crippen MR) is 95.6 cm³/mol. The molecule has 1 aromatic carbocycles. The summed E-state index contributed by atoms with van der Waals surface area (Å²) in [7, 11) is 0. The highest BCUT2D eigenvalue weighted by atomic mass is 16.5. The lowest BCUT2D eigenvalue weighted by molar-refractivity contribution is -0.124. The molecule has 1 unspecified atom stereocenters. The van der Waals surface area contributed by atoms with E-state index in [-0.39, 0.29) is 18.4 Å². The minimum atomic E-state index is -0.399. The third-order valence-electron chi connectivity index (χ3n) is 3.82. The van der Waals surface area contributed by atoms with Crippen LogP contribution in [0.4, 0.5) is 4.79 Å². The molecule has 5 nitrogen and oxygen atoms in total. The molecule has 0 aliphatic carbocycles. The molecule has 134 valence electrons. The van der Waals surface area contributed by atoms with Crippen molar-refractivity contribution < 1.29 is 14.3 Å². The van der Waals surface area contributed by atoms with Crippen molar-refractivity contribution in [3.8, 4) is 0 Å². The zero-order valence-electron chi connectivity index (χ0n) is 14.8. The Morgan fingerprint density at radius 3 is 2.46 bits per heavy atom. The van der Waals surface area contributed by atoms with E-state index < -0.39 is 6.09 Å². The van der Waals surface area contributed by atoms with Crippen LogP contribution in [0.15, 0.2) is 30.3 Å². The highest BCUT2D eigenvalue weighted by molar-refractivity contribution is 5.78. The Kier molecular flexibility index (Phi) is 10.3. The fraction of sp³-hybridized carbons (Fsp3) is 0.579. The van der Waals surface area contributed by atoms with Crippen molar-refractivity contribution in [2.75, 3.05) is 13.1 Å². The zero-order valence-corrected chi connectivity index (χ0v) is 14.8. The number of carbonyl (C=O) groups is 2. The molecular weight excluding hydrogens is 304 g/mol. The second-order valence-electron chi connectivity index (χ2n) is 6.03. The number of hydrogen-bond acceptors (Lipinski definition) is 3. The number of carbonyl (C=O) groups excluding carboxylic acids is 2. The van der Waals surface area contributed by atoms with E-state index in [9.17, 15) is 9.59 Å². The lowest BCUT2D eigenvalue weighted by Crippen LogP contribution is -2.30. The molecule has 0 heterocycles. The van der Waals surface area contributed by atoms with E-state index in [1.807, 2.05) is 37.3 Å². The topological polar surface area (TPSA) is 67.4 Å². The van der Waals surface area contributed by atoms with Crippen molar-refractivity contribution in [3.63, 3.8) is 0 Å². The number of ether oxygens (including phenoxy) is 1. The Morgan fingerprint density at radius 2 is 1.75 bits per heavy atom. The molecule has 0 aromatic heterocycles. The minimum absolute atomic E-state index is 0.0203. The number of rotatable bonds is 11. The Labute approximate surface area is 145 Å². The molecular formula is C19H30N2O3. The third kappa shape index (κ3) is 9.18. The van der Waals surface area contributed by atoms with Crippen LogP contribution in [-0.4, -0.2) is 25.1 Å². The van der Waals surface area contributed by atoms with Gasteiger partial charge in [0.2, 0.25) is 5.91 Å². The molecule has 2 N–H and O–H groups in total. The fourth-order valence-corrected chi connectivity index (χ4v) is 2.23. The van der Waals surface area contributed by atoms with E-state index in [0.717, 1.165) is 44.2 Å². The smallest absolute Gasteiger partial charge is 0.407 e. The van der Waals surface area contributed by atoms with Crippen molar-refractivity contribution in [3.05, 3.63) is 35.9 Å². The van der Waals surface area contributed by atoms with Gasteiger partial charge < -0.3 is 15.4 Å². The van der Waals surface area contributed by atoms with E-state index >= 15 is 0 Å². The average molecular weight is 334 g/mol. The fourth-order valence-electron chi connectivity index (χ4n) is 2.23. The Bertz CT molecular complexity index is 477. The van der Waals surface area contributed by atoms with Crippen molar-refractivity contribution >= 4 is 12.0 Å². The summed E-state index contributed by atoms with van der Waals surface area (Å²) < 4.78 is 5.13. The predicted octanol–water partition coefficient (Wildman–Crippen LogP) is 3.64. The first-order valence-electron chi connectivity index (χ1n) is 8.85. The highest BCUT2D eigenvalue weighted by Crippen LogP contribution is 2.07. The average Bonchev–Trinajstić information content (AvgIpc) is 2.60. The summed E-state index contributed by atoms with van der Waals surface area (Å²) in [4.78, 5) is 23.4. The van der Waals surface area contributed by atoms with Crippen molar-refractivity contribution in [2.45, 2.75) is 52.6 Å². The van der Waals surface area contributed by atoms with Crippen LogP contribution in [0, 0.1) is 5.92 Å². The molecule has 5 heteroatoms. The Hall–Kier alpha value is -2.04. The number of nitrogens with one attached hydrogen (secondary N) is 2. The molecule has 0 bridgehead atoms. The van der Waals surface area contributed by atoms with Gasteiger partial charge in [-0.05, 0) is 24.8 Å². The van der Waals surface area contributed by atoms with Crippen LogP contribution < -0.4 is 10.6 Å². The molecule has 1 atom stereocenters. The van der Waals surface area contributed by atoms with Gasteiger partial charge in [-0.2, -0.15) is 0 Å². The quantitative estimate of drug-likeness (QED) is 0.607. The molecule has 0 spiro atoms. The molecule has 0 saturated heterocycles. The molecule has 0 aliphatic heterocycles. The zero-order chi connectivity index (χ0) is 17.6. The minimum Gasteiger partial charge on any atom is -0.445 e. The number of hydrogen-bond donors (Lipinski definition) is 2. The monoisotopic (exact) mass is 334 g/mol. The van der Waals surface area contributed by atoms with Gasteiger partial charge in [0.15, 0.2) is 0 Å². The van der Waals surface area contributed by atoms with Gasteiger partial charge in [-0.3, -0.25) is 4.79 Å². The first-order chi connectivity index (χ1) is 11.6. The number of benzene rings is 1. The van der Waals surface area contributed by atoms with Crippen LogP contribution >= 0.6 is 0 Å². The van der Waals surface area contributed by atoms with Gasteiger partial charge in [-0.25, -0.2) is 4.79 Å².